The third kappa shape index (κ3) is 6.78. The molecule has 3 amide bonds. The Kier molecular flexibility index (Phi) is 9.34. The lowest BCUT2D eigenvalue weighted by atomic mass is 10.00. The number of rotatable bonds is 12. The standard InChI is InChI=1S/C33H40N6O5/c1-19(2)14-24(34)30(40)37-27(15-20-17-35-25-10-5-3-8-22(20)25)31(41)38-28(32(42)39-13-7-12-29(39)33(43)44)16-21-18-36-26-11-6-4-9-23(21)26/h3-6,8-11,17-19,24,27-29,35-36H,7,12-16,34H2,1-2H3,(H,37,40)(H,38,41)(H,43,44). The number of amides is 3. The number of carboxylic acid groups (broad SMARTS) is 1. The van der Waals surface area contributed by atoms with Gasteiger partial charge in [-0.3, -0.25) is 14.4 Å². The summed E-state index contributed by atoms with van der Waals surface area (Å²) in [6.45, 7) is 4.22. The van der Waals surface area contributed by atoms with Crippen molar-refractivity contribution >= 4 is 45.5 Å². The maximum absolute atomic E-state index is 14.1. The fraction of sp³-hybridized carbons (Fsp3) is 0.394. The number of nitrogens with zero attached hydrogens (tertiary/aromatic N) is 1. The molecular weight excluding hydrogens is 560 g/mol. The molecule has 232 valence electrons. The first kappa shape index (κ1) is 30.8. The molecule has 2 aromatic heterocycles. The van der Waals surface area contributed by atoms with Crippen LogP contribution in [0.15, 0.2) is 60.9 Å². The number of hydrogen-bond acceptors (Lipinski definition) is 5. The minimum atomic E-state index is -1.07. The molecule has 44 heavy (non-hydrogen) atoms. The van der Waals surface area contributed by atoms with Crippen LogP contribution in [-0.4, -0.2) is 74.4 Å². The Balaban J connectivity index is 1.45. The number of fused-ring (bicyclic) bond motifs is 2. The minimum Gasteiger partial charge on any atom is -0.480 e. The van der Waals surface area contributed by atoms with Crippen LogP contribution in [0, 0.1) is 5.92 Å². The van der Waals surface area contributed by atoms with Crippen LogP contribution < -0.4 is 16.4 Å². The van der Waals surface area contributed by atoms with Gasteiger partial charge in [0.15, 0.2) is 0 Å². The third-order valence-electron chi connectivity index (χ3n) is 8.33. The van der Waals surface area contributed by atoms with E-state index in [0.29, 0.717) is 19.3 Å². The number of aromatic nitrogens is 2. The zero-order valence-corrected chi connectivity index (χ0v) is 25.0. The molecule has 2 aromatic carbocycles. The van der Waals surface area contributed by atoms with Gasteiger partial charge in [0.1, 0.15) is 18.1 Å². The van der Waals surface area contributed by atoms with Crippen molar-refractivity contribution in [2.24, 2.45) is 11.7 Å². The van der Waals surface area contributed by atoms with Crippen LogP contribution in [-0.2, 0) is 32.0 Å². The van der Waals surface area contributed by atoms with Gasteiger partial charge in [-0.2, -0.15) is 0 Å². The van der Waals surface area contributed by atoms with E-state index in [4.69, 9.17) is 5.73 Å². The number of likely N-dealkylation sites (tertiary alicyclic amines) is 1. The van der Waals surface area contributed by atoms with Crippen molar-refractivity contribution in [1.82, 2.24) is 25.5 Å². The van der Waals surface area contributed by atoms with Crippen molar-refractivity contribution in [1.29, 1.82) is 0 Å². The number of aliphatic carboxylic acids is 1. The van der Waals surface area contributed by atoms with E-state index in [1.807, 2.05) is 62.4 Å². The van der Waals surface area contributed by atoms with Gasteiger partial charge >= 0.3 is 5.97 Å². The highest BCUT2D eigenvalue weighted by molar-refractivity contribution is 5.95. The number of hydrogen-bond donors (Lipinski definition) is 6. The molecule has 5 rings (SSSR count). The van der Waals surface area contributed by atoms with Gasteiger partial charge in [0, 0.05) is 53.6 Å². The van der Waals surface area contributed by atoms with Crippen molar-refractivity contribution in [3.05, 3.63) is 72.1 Å². The molecule has 1 saturated heterocycles. The first-order valence-electron chi connectivity index (χ1n) is 15.1. The number of carbonyl (C=O) groups is 4. The molecule has 0 aliphatic carbocycles. The van der Waals surface area contributed by atoms with Gasteiger partial charge < -0.3 is 36.3 Å². The summed E-state index contributed by atoms with van der Waals surface area (Å²) in [7, 11) is 0. The summed E-state index contributed by atoms with van der Waals surface area (Å²) < 4.78 is 0. The van der Waals surface area contributed by atoms with Gasteiger partial charge in [-0.25, -0.2) is 4.79 Å². The summed E-state index contributed by atoms with van der Waals surface area (Å²) in [5.74, 6) is -2.37. The van der Waals surface area contributed by atoms with Gasteiger partial charge in [0.2, 0.25) is 17.7 Å². The van der Waals surface area contributed by atoms with E-state index in [1.165, 1.54) is 4.90 Å². The summed E-state index contributed by atoms with van der Waals surface area (Å²) in [5, 5.41) is 17.3. The first-order valence-corrected chi connectivity index (χ1v) is 15.1. The minimum absolute atomic E-state index is 0.137. The second-order valence-electron chi connectivity index (χ2n) is 12.0. The molecule has 1 aliphatic rings. The van der Waals surface area contributed by atoms with Crippen LogP contribution in [0.5, 0.6) is 0 Å². The molecule has 7 N–H and O–H groups in total. The number of benzene rings is 2. The number of nitrogens with two attached hydrogens (primary N) is 1. The van der Waals surface area contributed by atoms with Crippen molar-refractivity contribution in [3.63, 3.8) is 0 Å². The zero-order valence-electron chi connectivity index (χ0n) is 25.0. The molecule has 11 nitrogen and oxygen atoms in total. The molecule has 0 spiro atoms. The lowest BCUT2D eigenvalue weighted by Gasteiger charge is -2.29. The van der Waals surface area contributed by atoms with Crippen LogP contribution in [0.4, 0.5) is 0 Å². The predicted octanol–water partition coefficient (Wildman–Crippen LogP) is 2.85. The van der Waals surface area contributed by atoms with E-state index in [0.717, 1.165) is 32.9 Å². The van der Waals surface area contributed by atoms with E-state index >= 15 is 0 Å². The molecule has 3 heterocycles. The topological polar surface area (TPSA) is 173 Å². The Morgan fingerprint density at radius 1 is 0.886 bits per heavy atom. The maximum atomic E-state index is 14.1. The highest BCUT2D eigenvalue weighted by atomic mass is 16.4. The molecule has 4 atom stereocenters. The Hall–Kier alpha value is -4.64. The highest BCUT2D eigenvalue weighted by Crippen LogP contribution is 2.24. The van der Waals surface area contributed by atoms with Crippen molar-refractivity contribution in [2.75, 3.05) is 6.54 Å². The Morgan fingerprint density at radius 3 is 2.00 bits per heavy atom. The molecule has 11 heteroatoms. The molecule has 0 bridgehead atoms. The average Bonchev–Trinajstić information content (AvgIpc) is 3.75. The molecule has 4 unspecified atom stereocenters. The van der Waals surface area contributed by atoms with Crippen LogP contribution in [0.25, 0.3) is 21.8 Å². The largest absolute Gasteiger partial charge is 0.480 e. The second-order valence-corrected chi connectivity index (χ2v) is 12.0. The SMILES string of the molecule is CC(C)CC(N)C(=O)NC(Cc1c[nH]c2ccccc12)C(=O)NC(Cc1c[nH]c2ccccc12)C(=O)N1CCCC1C(=O)O. The van der Waals surface area contributed by atoms with Gasteiger partial charge in [0.25, 0.3) is 0 Å². The van der Waals surface area contributed by atoms with Crippen LogP contribution in [0.1, 0.15) is 44.2 Å². The second kappa shape index (κ2) is 13.3. The zero-order chi connectivity index (χ0) is 31.4. The van der Waals surface area contributed by atoms with Crippen LogP contribution >= 0.6 is 0 Å². The maximum Gasteiger partial charge on any atom is 0.326 e. The lowest BCUT2D eigenvalue weighted by Crippen LogP contribution is -2.58. The Bertz CT molecular complexity index is 1660. The molecular formula is C33H40N6O5. The monoisotopic (exact) mass is 600 g/mol. The number of nitrogens with one attached hydrogen (secondary N) is 4. The number of para-hydroxylation sites is 2. The number of H-pyrrole nitrogens is 2. The lowest BCUT2D eigenvalue weighted by molar-refractivity contribution is -0.149. The summed E-state index contributed by atoms with van der Waals surface area (Å²) in [5.41, 5.74) is 9.59. The molecule has 0 radical (unpaired) electrons. The van der Waals surface area contributed by atoms with E-state index in [-0.39, 0.29) is 25.3 Å². The fourth-order valence-corrected chi connectivity index (χ4v) is 6.10. The van der Waals surface area contributed by atoms with E-state index in [9.17, 15) is 24.3 Å². The highest BCUT2D eigenvalue weighted by Gasteiger charge is 2.39. The van der Waals surface area contributed by atoms with Crippen LogP contribution in [0.2, 0.25) is 0 Å². The van der Waals surface area contributed by atoms with Gasteiger partial charge in [-0.05, 0) is 48.4 Å². The van der Waals surface area contributed by atoms with E-state index in [2.05, 4.69) is 20.6 Å². The summed E-state index contributed by atoms with van der Waals surface area (Å²) in [4.78, 5) is 60.9. The molecule has 0 saturated carbocycles. The molecule has 1 aliphatic heterocycles. The quantitative estimate of drug-likeness (QED) is 0.146. The van der Waals surface area contributed by atoms with Crippen molar-refractivity contribution < 1.29 is 24.3 Å². The Morgan fingerprint density at radius 2 is 1.43 bits per heavy atom. The van der Waals surface area contributed by atoms with Gasteiger partial charge in [0.05, 0.1) is 6.04 Å². The number of carbonyl (C=O) groups excluding carboxylic acids is 3. The van der Waals surface area contributed by atoms with E-state index < -0.39 is 47.9 Å². The van der Waals surface area contributed by atoms with Crippen molar-refractivity contribution in [3.8, 4) is 0 Å². The first-order chi connectivity index (χ1) is 21.1. The predicted molar refractivity (Wildman–Crippen MR) is 168 cm³/mol. The summed E-state index contributed by atoms with van der Waals surface area (Å²) >= 11 is 0. The summed E-state index contributed by atoms with van der Waals surface area (Å²) in [6.07, 6.45) is 5.25. The summed E-state index contributed by atoms with van der Waals surface area (Å²) in [6, 6.07) is 11.4. The van der Waals surface area contributed by atoms with Gasteiger partial charge in [-0.15, -0.1) is 0 Å². The average molecular weight is 601 g/mol. The molecule has 1 fully saturated rings. The smallest absolute Gasteiger partial charge is 0.326 e. The Labute approximate surface area is 255 Å². The normalized spacial score (nSPS) is 17.1. The third-order valence-corrected chi connectivity index (χ3v) is 8.33. The number of carboxylic acids is 1. The van der Waals surface area contributed by atoms with Crippen LogP contribution in [0.3, 0.4) is 0 Å². The van der Waals surface area contributed by atoms with Crippen molar-refractivity contribution in [2.45, 2.75) is 70.1 Å². The van der Waals surface area contributed by atoms with Gasteiger partial charge in [-0.1, -0.05) is 50.2 Å². The van der Waals surface area contributed by atoms with E-state index in [1.54, 1.807) is 12.4 Å². The number of aromatic amines is 2. The fourth-order valence-electron chi connectivity index (χ4n) is 6.10. The molecule has 4 aromatic rings.